The number of ether oxygens (including phenoxy) is 3. The molecule has 2 N–H and O–H groups in total. The van der Waals surface area contributed by atoms with Crippen LogP contribution in [0, 0.1) is 13.8 Å². The Labute approximate surface area is 249 Å². The van der Waals surface area contributed by atoms with Crippen LogP contribution < -0.4 is 19.5 Å². The van der Waals surface area contributed by atoms with E-state index >= 15 is 0 Å². The third-order valence-electron chi connectivity index (χ3n) is 7.87. The average Bonchev–Trinajstić information content (AvgIpc) is 3.32. The molecule has 0 radical (unpaired) electrons. The highest BCUT2D eigenvalue weighted by molar-refractivity contribution is 5.97. The Hall–Kier alpha value is -4.99. The van der Waals surface area contributed by atoms with Gasteiger partial charge in [-0.3, -0.25) is 14.3 Å². The minimum Gasteiger partial charge on any atom is -0.507 e. The summed E-state index contributed by atoms with van der Waals surface area (Å²) in [6.07, 6.45) is 1.16. The number of phenolic OH excluding ortho intramolecular Hbond substituents is 1. The second kappa shape index (κ2) is 11.7. The highest BCUT2D eigenvalue weighted by Gasteiger charge is 2.33. The van der Waals surface area contributed by atoms with E-state index in [1.54, 1.807) is 17.9 Å². The molecular weight excluding hydrogens is 548 g/mol. The van der Waals surface area contributed by atoms with E-state index in [2.05, 4.69) is 10.4 Å². The molecule has 3 aliphatic heterocycles. The van der Waals surface area contributed by atoms with E-state index in [-0.39, 0.29) is 29.8 Å². The fraction of sp³-hybridized carbons (Fsp3) is 0.303. The van der Waals surface area contributed by atoms with Gasteiger partial charge in [0.1, 0.15) is 23.8 Å². The minimum absolute atomic E-state index is 0.0324. The molecule has 1 aromatic heterocycles. The van der Waals surface area contributed by atoms with Gasteiger partial charge in [0.15, 0.2) is 11.5 Å². The largest absolute Gasteiger partial charge is 0.507 e. The third kappa shape index (κ3) is 5.73. The van der Waals surface area contributed by atoms with Crippen molar-refractivity contribution in [1.29, 1.82) is 0 Å². The van der Waals surface area contributed by atoms with Crippen LogP contribution in [0.2, 0.25) is 0 Å². The number of aryl methyl sites for hydroxylation is 2. The number of benzene rings is 3. The number of carbonyl (C=O) groups excluding carboxylic acids is 2. The summed E-state index contributed by atoms with van der Waals surface area (Å²) >= 11 is 0. The van der Waals surface area contributed by atoms with Crippen LogP contribution >= 0.6 is 0 Å². The van der Waals surface area contributed by atoms with Crippen molar-refractivity contribution < 1.29 is 28.9 Å². The first-order chi connectivity index (χ1) is 20.8. The van der Waals surface area contributed by atoms with Crippen molar-refractivity contribution in [2.75, 3.05) is 26.8 Å². The lowest BCUT2D eigenvalue weighted by Crippen LogP contribution is -2.42. The highest BCUT2D eigenvalue weighted by Crippen LogP contribution is 2.41. The summed E-state index contributed by atoms with van der Waals surface area (Å²) in [5.41, 5.74) is 4.87. The predicted octanol–water partition coefficient (Wildman–Crippen LogP) is 4.69. The predicted molar refractivity (Wildman–Crippen MR) is 159 cm³/mol. The number of methoxy groups -OCH3 is 1. The number of nitrogens with zero attached hydrogens (tertiary/aromatic N) is 3. The molecular formula is C33H34N4O6. The van der Waals surface area contributed by atoms with Crippen molar-refractivity contribution in [2.45, 2.75) is 39.3 Å². The van der Waals surface area contributed by atoms with Crippen LogP contribution in [0.5, 0.6) is 28.7 Å². The molecule has 3 aliphatic rings. The summed E-state index contributed by atoms with van der Waals surface area (Å²) in [6, 6.07) is 17.8. The van der Waals surface area contributed by atoms with E-state index in [0.717, 1.165) is 28.1 Å². The molecule has 222 valence electrons. The number of aromatic hydroxyl groups is 1. The lowest BCUT2D eigenvalue weighted by atomic mass is 9.87. The summed E-state index contributed by atoms with van der Waals surface area (Å²) in [6.45, 7) is 5.17. The standard InChI is InChI=1S/C33H34N4O6/c1-20-15-21(2)37(35-20)19-31(39)36-13-11-22-16-24-6-8-26(22)32(36)23-5-10-29(41-3)30(17-23)42-14-4-12-34-33(40)27-18-25(43-24)7-9-28(27)38/h5-10,15-18,32,38H,4,11-14,19H2,1-3H3,(H,34,40). The maximum absolute atomic E-state index is 13.9. The number of aromatic nitrogens is 2. The van der Waals surface area contributed by atoms with Gasteiger partial charge in [0, 0.05) is 18.8 Å². The number of hydrogen-bond donors (Lipinski definition) is 2. The Morgan fingerprint density at radius 1 is 1.09 bits per heavy atom. The monoisotopic (exact) mass is 582 g/mol. The Kier molecular flexibility index (Phi) is 7.67. The molecule has 0 fully saturated rings. The Balaban J connectivity index is 1.43. The van der Waals surface area contributed by atoms with Crippen LogP contribution in [0.15, 0.2) is 60.7 Å². The maximum Gasteiger partial charge on any atom is 0.255 e. The van der Waals surface area contributed by atoms with Crippen LogP contribution in [-0.2, 0) is 17.8 Å². The minimum atomic E-state index is -0.401. The molecule has 43 heavy (non-hydrogen) atoms. The topological polar surface area (TPSA) is 115 Å². The second-order valence-corrected chi connectivity index (χ2v) is 10.8. The number of carbonyl (C=O) groups is 2. The van der Waals surface area contributed by atoms with Gasteiger partial charge >= 0.3 is 0 Å². The van der Waals surface area contributed by atoms with Gasteiger partial charge in [-0.15, -0.1) is 0 Å². The van der Waals surface area contributed by atoms with Crippen LogP contribution in [0.25, 0.3) is 0 Å². The first-order valence-electron chi connectivity index (χ1n) is 14.3. The molecule has 10 nitrogen and oxygen atoms in total. The zero-order chi connectivity index (χ0) is 30.1. The molecule has 4 heterocycles. The fourth-order valence-corrected chi connectivity index (χ4v) is 5.77. The first-order valence-corrected chi connectivity index (χ1v) is 14.3. The van der Waals surface area contributed by atoms with Crippen LogP contribution in [0.4, 0.5) is 0 Å². The zero-order valence-electron chi connectivity index (χ0n) is 24.4. The zero-order valence-corrected chi connectivity index (χ0v) is 24.4. The summed E-state index contributed by atoms with van der Waals surface area (Å²) in [7, 11) is 1.59. The van der Waals surface area contributed by atoms with E-state index in [1.807, 2.05) is 61.2 Å². The van der Waals surface area contributed by atoms with Gasteiger partial charge in [-0.05, 0) is 91.9 Å². The SMILES string of the molecule is COc1ccc2cc1OCCCNC(=O)c1cc(ccc1O)Oc1ccc3c(c1)CCN(C(=O)Cn1nc(C)cc1C)C23. The van der Waals surface area contributed by atoms with Crippen LogP contribution in [-0.4, -0.2) is 58.4 Å². The molecule has 2 amide bonds. The van der Waals surface area contributed by atoms with Crippen molar-refractivity contribution in [3.8, 4) is 28.7 Å². The normalized spacial score (nSPS) is 16.4. The number of phenols is 1. The molecule has 3 aromatic carbocycles. The van der Waals surface area contributed by atoms with Crippen molar-refractivity contribution >= 4 is 11.8 Å². The quantitative estimate of drug-likeness (QED) is 0.360. The summed E-state index contributed by atoms with van der Waals surface area (Å²) < 4.78 is 19.6. The smallest absolute Gasteiger partial charge is 0.255 e. The van der Waals surface area contributed by atoms with Crippen molar-refractivity contribution in [3.63, 3.8) is 0 Å². The Bertz CT molecular complexity index is 1700. The second-order valence-electron chi connectivity index (χ2n) is 10.8. The number of nitrogens with one attached hydrogen (secondary N) is 1. The fourth-order valence-electron chi connectivity index (χ4n) is 5.77. The molecule has 10 heteroatoms. The maximum atomic E-state index is 13.9. The first kappa shape index (κ1) is 28.1. The van der Waals surface area contributed by atoms with E-state index in [1.165, 1.54) is 12.1 Å². The highest BCUT2D eigenvalue weighted by atomic mass is 16.5. The molecule has 0 spiro atoms. The molecule has 0 saturated carbocycles. The lowest BCUT2D eigenvalue weighted by Gasteiger charge is -2.38. The number of amides is 2. The summed E-state index contributed by atoms with van der Waals surface area (Å²) in [5.74, 6) is 1.59. The van der Waals surface area contributed by atoms with Crippen molar-refractivity contribution in [2.24, 2.45) is 0 Å². The van der Waals surface area contributed by atoms with E-state index in [4.69, 9.17) is 14.2 Å². The molecule has 1 unspecified atom stereocenters. The third-order valence-corrected chi connectivity index (χ3v) is 7.87. The Morgan fingerprint density at radius 3 is 2.70 bits per heavy atom. The van der Waals surface area contributed by atoms with Crippen LogP contribution in [0.3, 0.4) is 0 Å². The summed E-state index contributed by atoms with van der Waals surface area (Å²) in [5, 5.41) is 17.7. The van der Waals surface area contributed by atoms with Gasteiger partial charge in [0.25, 0.3) is 5.91 Å². The summed E-state index contributed by atoms with van der Waals surface area (Å²) in [4.78, 5) is 28.6. The number of fused-ring (bicyclic) bond motifs is 6. The number of rotatable bonds is 3. The molecule has 4 aromatic rings. The van der Waals surface area contributed by atoms with Crippen LogP contribution in [0.1, 0.15) is 50.9 Å². The average molecular weight is 583 g/mol. The van der Waals surface area contributed by atoms with E-state index in [9.17, 15) is 14.7 Å². The van der Waals surface area contributed by atoms with E-state index in [0.29, 0.717) is 55.5 Å². The number of hydrogen-bond acceptors (Lipinski definition) is 7. The van der Waals surface area contributed by atoms with Gasteiger partial charge < -0.3 is 29.5 Å². The molecule has 0 aliphatic carbocycles. The molecule has 0 saturated heterocycles. The molecule has 1 atom stereocenters. The Morgan fingerprint density at radius 2 is 1.91 bits per heavy atom. The van der Waals surface area contributed by atoms with Gasteiger partial charge in [-0.2, -0.15) is 5.10 Å². The van der Waals surface area contributed by atoms with Crippen molar-refractivity contribution in [1.82, 2.24) is 20.0 Å². The van der Waals surface area contributed by atoms with Gasteiger partial charge in [0.05, 0.1) is 31.0 Å². The van der Waals surface area contributed by atoms with E-state index < -0.39 is 5.91 Å². The molecule has 7 rings (SSSR count). The van der Waals surface area contributed by atoms with Gasteiger partial charge in [0.2, 0.25) is 5.91 Å². The molecule has 8 bridgehead atoms. The van der Waals surface area contributed by atoms with Gasteiger partial charge in [-0.25, -0.2) is 0 Å². The van der Waals surface area contributed by atoms with Gasteiger partial charge in [-0.1, -0.05) is 12.1 Å². The lowest BCUT2D eigenvalue weighted by molar-refractivity contribution is -0.134. The van der Waals surface area contributed by atoms with Crippen molar-refractivity contribution in [3.05, 3.63) is 94.3 Å².